The highest BCUT2D eigenvalue weighted by Crippen LogP contribution is 2.30. The highest BCUT2D eigenvalue weighted by atomic mass is 32.1. The average molecular weight is 347 g/mol. The van der Waals surface area contributed by atoms with Gasteiger partial charge in [-0.2, -0.15) is 0 Å². The van der Waals surface area contributed by atoms with Gasteiger partial charge >= 0.3 is 11.9 Å². The number of aromatic nitrogens is 1. The fraction of sp³-hybridized carbons (Fsp3) is 0.389. The van der Waals surface area contributed by atoms with Gasteiger partial charge < -0.3 is 9.47 Å². The van der Waals surface area contributed by atoms with Gasteiger partial charge in [-0.05, 0) is 25.5 Å². The van der Waals surface area contributed by atoms with Gasteiger partial charge in [0.25, 0.3) is 0 Å². The Bertz CT molecular complexity index is 694. The quantitative estimate of drug-likeness (QED) is 0.712. The SMILES string of the molecule is CCOC(=O)c1csc(C(C)(C)CCOC(=O)c2ccccc2)n1. The van der Waals surface area contributed by atoms with Gasteiger partial charge in [0, 0.05) is 10.8 Å². The highest BCUT2D eigenvalue weighted by molar-refractivity contribution is 7.10. The summed E-state index contributed by atoms with van der Waals surface area (Å²) in [5.41, 5.74) is 0.562. The molecule has 1 aromatic carbocycles. The molecular weight excluding hydrogens is 326 g/mol. The molecule has 0 bridgehead atoms. The zero-order valence-corrected chi connectivity index (χ0v) is 14.9. The van der Waals surface area contributed by atoms with Gasteiger partial charge in [-0.1, -0.05) is 32.0 Å². The van der Waals surface area contributed by atoms with Crippen LogP contribution in [0, 0.1) is 0 Å². The van der Waals surface area contributed by atoms with Crippen LogP contribution in [0.4, 0.5) is 0 Å². The molecule has 0 fully saturated rings. The molecular formula is C18H21NO4S. The summed E-state index contributed by atoms with van der Waals surface area (Å²) in [7, 11) is 0. The van der Waals surface area contributed by atoms with Crippen LogP contribution in [0.3, 0.4) is 0 Å². The van der Waals surface area contributed by atoms with Crippen LogP contribution in [0.5, 0.6) is 0 Å². The van der Waals surface area contributed by atoms with E-state index in [1.165, 1.54) is 11.3 Å². The minimum atomic E-state index is -0.411. The molecule has 1 aromatic heterocycles. The van der Waals surface area contributed by atoms with Crippen LogP contribution < -0.4 is 0 Å². The molecule has 5 nitrogen and oxygen atoms in total. The average Bonchev–Trinajstić information content (AvgIpc) is 3.07. The van der Waals surface area contributed by atoms with Crippen LogP contribution in [0.2, 0.25) is 0 Å². The van der Waals surface area contributed by atoms with Gasteiger partial charge in [0.05, 0.1) is 23.8 Å². The van der Waals surface area contributed by atoms with Crippen LogP contribution in [-0.4, -0.2) is 30.1 Å². The lowest BCUT2D eigenvalue weighted by Gasteiger charge is -2.21. The Labute approximate surface area is 145 Å². The van der Waals surface area contributed by atoms with Crippen molar-refractivity contribution in [3.05, 3.63) is 52.0 Å². The molecule has 1 heterocycles. The molecule has 6 heteroatoms. The van der Waals surface area contributed by atoms with Gasteiger partial charge in [0.2, 0.25) is 0 Å². The summed E-state index contributed by atoms with van der Waals surface area (Å²) in [5, 5.41) is 2.52. The Morgan fingerprint density at radius 2 is 1.83 bits per heavy atom. The number of thiazole rings is 1. The molecule has 0 aliphatic heterocycles. The summed E-state index contributed by atoms with van der Waals surface area (Å²) in [6, 6.07) is 8.89. The van der Waals surface area contributed by atoms with Crippen molar-refractivity contribution in [2.75, 3.05) is 13.2 Å². The molecule has 0 spiro atoms. The molecule has 0 atom stereocenters. The molecule has 0 unspecified atom stereocenters. The molecule has 0 saturated heterocycles. The third-order valence-corrected chi connectivity index (χ3v) is 4.75. The van der Waals surface area contributed by atoms with E-state index in [2.05, 4.69) is 4.98 Å². The third-order valence-electron chi connectivity index (χ3n) is 3.54. The lowest BCUT2D eigenvalue weighted by molar-refractivity contribution is 0.0479. The Morgan fingerprint density at radius 1 is 1.12 bits per heavy atom. The van der Waals surface area contributed by atoms with Crippen LogP contribution in [-0.2, 0) is 14.9 Å². The number of carbonyl (C=O) groups excluding carboxylic acids is 2. The van der Waals surface area contributed by atoms with Crippen LogP contribution in [0.1, 0.15) is 53.0 Å². The van der Waals surface area contributed by atoms with Gasteiger partial charge in [0.1, 0.15) is 0 Å². The van der Waals surface area contributed by atoms with Crippen molar-refractivity contribution in [2.24, 2.45) is 0 Å². The Morgan fingerprint density at radius 3 is 2.50 bits per heavy atom. The molecule has 0 amide bonds. The highest BCUT2D eigenvalue weighted by Gasteiger charge is 2.26. The number of hydrogen-bond acceptors (Lipinski definition) is 6. The number of rotatable bonds is 7. The lowest BCUT2D eigenvalue weighted by atomic mass is 9.90. The topological polar surface area (TPSA) is 65.5 Å². The van der Waals surface area contributed by atoms with Crippen LogP contribution in [0.15, 0.2) is 35.7 Å². The molecule has 2 rings (SSSR count). The molecule has 0 aliphatic carbocycles. The summed E-state index contributed by atoms with van der Waals surface area (Å²) < 4.78 is 10.3. The monoisotopic (exact) mass is 347 g/mol. The largest absolute Gasteiger partial charge is 0.462 e. The number of hydrogen-bond donors (Lipinski definition) is 0. The lowest BCUT2D eigenvalue weighted by Crippen LogP contribution is -2.21. The minimum Gasteiger partial charge on any atom is -0.462 e. The van der Waals surface area contributed by atoms with Crippen LogP contribution >= 0.6 is 11.3 Å². The van der Waals surface area contributed by atoms with Gasteiger partial charge in [-0.3, -0.25) is 0 Å². The maximum absolute atomic E-state index is 11.9. The van der Waals surface area contributed by atoms with Crippen molar-refractivity contribution >= 4 is 23.3 Å². The molecule has 2 aromatic rings. The first kappa shape index (κ1) is 18.1. The first-order chi connectivity index (χ1) is 11.4. The van der Waals surface area contributed by atoms with Crippen molar-refractivity contribution in [1.29, 1.82) is 0 Å². The van der Waals surface area contributed by atoms with E-state index in [4.69, 9.17) is 9.47 Å². The zero-order chi connectivity index (χ0) is 17.6. The van der Waals surface area contributed by atoms with Crippen molar-refractivity contribution in [3.8, 4) is 0 Å². The van der Waals surface area contributed by atoms with Crippen molar-refractivity contribution < 1.29 is 19.1 Å². The van der Waals surface area contributed by atoms with E-state index >= 15 is 0 Å². The maximum Gasteiger partial charge on any atom is 0.357 e. The van der Waals surface area contributed by atoms with Gasteiger partial charge in [-0.25, -0.2) is 14.6 Å². The van der Waals surface area contributed by atoms with Gasteiger partial charge in [0.15, 0.2) is 5.69 Å². The summed E-state index contributed by atoms with van der Waals surface area (Å²) in [6.07, 6.45) is 0.612. The third kappa shape index (κ3) is 4.64. The normalized spacial score (nSPS) is 11.1. The Balaban J connectivity index is 1.91. The number of esters is 2. The van der Waals surface area contributed by atoms with Crippen molar-refractivity contribution in [3.63, 3.8) is 0 Å². The van der Waals surface area contributed by atoms with E-state index in [0.29, 0.717) is 24.3 Å². The second-order valence-corrected chi connectivity index (χ2v) is 6.75. The number of nitrogens with zero attached hydrogens (tertiary/aromatic N) is 1. The van der Waals surface area contributed by atoms with E-state index in [9.17, 15) is 9.59 Å². The fourth-order valence-corrected chi connectivity index (χ4v) is 2.99. The fourth-order valence-electron chi connectivity index (χ4n) is 2.05. The van der Waals surface area contributed by atoms with E-state index < -0.39 is 5.97 Å². The standard InChI is InChI=1S/C18H21NO4S/c1-4-22-16(21)14-12-24-17(19-14)18(2,3)10-11-23-15(20)13-8-6-5-7-9-13/h5-9,12H,4,10-11H2,1-3H3. The summed E-state index contributed by atoms with van der Waals surface area (Å²) in [4.78, 5) is 28.0. The zero-order valence-electron chi connectivity index (χ0n) is 14.1. The Kier molecular flexibility index (Phi) is 6.09. The van der Waals surface area contributed by atoms with E-state index in [1.807, 2.05) is 19.9 Å². The first-order valence-electron chi connectivity index (χ1n) is 7.79. The predicted octanol–water partition coefficient (Wildman–Crippen LogP) is 3.84. The molecule has 24 heavy (non-hydrogen) atoms. The molecule has 0 saturated carbocycles. The molecule has 128 valence electrons. The smallest absolute Gasteiger partial charge is 0.357 e. The Hall–Kier alpha value is -2.21. The predicted molar refractivity (Wildman–Crippen MR) is 92.4 cm³/mol. The van der Waals surface area contributed by atoms with Crippen molar-refractivity contribution in [2.45, 2.75) is 32.6 Å². The summed E-state index contributed by atoms with van der Waals surface area (Å²) >= 11 is 1.41. The molecule has 0 radical (unpaired) electrons. The number of ether oxygens (including phenoxy) is 2. The van der Waals surface area contributed by atoms with Crippen molar-refractivity contribution in [1.82, 2.24) is 4.98 Å². The second kappa shape index (κ2) is 8.06. The summed E-state index contributed by atoms with van der Waals surface area (Å²) in [6.45, 7) is 6.39. The van der Waals surface area contributed by atoms with Gasteiger partial charge in [-0.15, -0.1) is 11.3 Å². The second-order valence-electron chi connectivity index (χ2n) is 5.89. The molecule has 0 N–H and O–H groups in total. The molecule has 0 aliphatic rings. The van der Waals surface area contributed by atoms with E-state index in [1.54, 1.807) is 36.6 Å². The maximum atomic E-state index is 11.9. The minimum absolute atomic E-state index is 0.287. The van der Waals surface area contributed by atoms with E-state index in [0.717, 1.165) is 5.01 Å². The van der Waals surface area contributed by atoms with Crippen LogP contribution in [0.25, 0.3) is 0 Å². The summed E-state index contributed by atoms with van der Waals surface area (Å²) in [5.74, 6) is -0.746. The number of benzene rings is 1. The van der Waals surface area contributed by atoms with E-state index in [-0.39, 0.29) is 18.0 Å². The number of carbonyl (C=O) groups is 2. The first-order valence-corrected chi connectivity index (χ1v) is 8.67.